The van der Waals surface area contributed by atoms with E-state index in [2.05, 4.69) is 59.0 Å². The number of nitrogens with zero attached hydrogens (tertiary/aromatic N) is 3. The van der Waals surface area contributed by atoms with Crippen molar-refractivity contribution in [1.82, 2.24) is 5.43 Å². The third kappa shape index (κ3) is 4.45. The Balaban J connectivity index is 1.64. The summed E-state index contributed by atoms with van der Waals surface area (Å²) >= 11 is 0. The summed E-state index contributed by atoms with van der Waals surface area (Å²) in [7, 11) is 0. The number of benzene rings is 4. The van der Waals surface area contributed by atoms with E-state index in [-0.39, 0.29) is 6.17 Å². The molecule has 1 N–H and O–H groups in total. The van der Waals surface area contributed by atoms with Gasteiger partial charge in [-0.2, -0.15) is 10.5 Å². The zero-order valence-corrected chi connectivity index (χ0v) is 18.5. The molecule has 4 aromatic rings. The summed E-state index contributed by atoms with van der Waals surface area (Å²) in [6.45, 7) is 2.63. The molecule has 5 rings (SSSR count). The average molecular weight is 435 g/mol. The Kier molecular flexibility index (Phi) is 6.04. The highest BCUT2D eigenvalue weighted by molar-refractivity contribution is 6.10. The van der Waals surface area contributed by atoms with Crippen LogP contribution >= 0.6 is 0 Å². The molecule has 1 atom stereocenters. The fraction of sp³-hybridized carbons (Fsp3) is 0.107. The molecule has 5 nitrogen and oxygen atoms in total. The number of nitrogens with one attached hydrogen (secondary N) is 1. The monoisotopic (exact) mass is 434 g/mol. The van der Waals surface area contributed by atoms with Gasteiger partial charge in [0.1, 0.15) is 11.9 Å². The molecule has 0 saturated heterocycles. The van der Waals surface area contributed by atoms with Crippen LogP contribution in [0.4, 0.5) is 11.4 Å². The van der Waals surface area contributed by atoms with E-state index in [4.69, 9.17) is 9.84 Å². The van der Waals surface area contributed by atoms with Gasteiger partial charge in [0.05, 0.1) is 18.0 Å². The van der Waals surface area contributed by atoms with Gasteiger partial charge in [0.2, 0.25) is 0 Å². The predicted octanol–water partition coefficient (Wildman–Crippen LogP) is 5.98. The highest BCUT2D eigenvalue weighted by Gasteiger charge is 2.31. The van der Waals surface area contributed by atoms with E-state index in [0.29, 0.717) is 6.61 Å². The van der Waals surface area contributed by atoms with Crippen LogP contribution in [-0.2, 0) is 0 Å². The van der Waals surface area contributed by atoms with Crippen molar-refractivity contribution in [3.05, 3.63) is 126 Å². The first-order valence-corrected chi connectivity index (χ1v) is 11.2. The maximum absolute atomic E-state index is 5.65. The van der Waals surface area contributed by atoms with Crippen LogP contribution in [0, 0.1) is 0 Å². The van der Waals surface area contributed by atoms with Gasteiger partial charge in [-0.15, -0.1) is 0 Å². The highest BCUT2D eigenvalue weighted by Crippen LogP contribution is 2.32. The molecule has 33 heavy (non-hydrogen) atoms. The van der Waals surface area contributed by atoms with E-state index in [0.717, 1.165) is 34.1 Å². The Morgan fingerprint density at radius 1 is 0.727 bits per heavy atom. The Morgan fingerprint density at radius 3 is 1.91 bits per heavy atom. The largest absolute Gasteiger partial charge is 0.494 e. The topological polar surface area (TPSA) is 40.1 Å². The molecule has 0 spiro atoms. The number of hydrogen-bond donors (Lipinski definition) is 1. The van der Waals surface area contributed by atoms with E-state index in [1.807, 2.05) is 78.7 Å². The lowest BCUT2D eigenvalue weighted by atomic mass is 10.1. The van der Waals surface area contributed by atoms with Crippen molar-refractivity contribution in [3.8, 4) is 5.75 Å². The number of hydrazone groups is 1. The number of anilines is 2. The molecule has 1 aliphatic rings. The van der Waals surface area contributed by atoms with Crippen molar-refractivity contribution in [2.24, 2.45) is 5.10 Å². The Hall–Kier alpha value is -4.09. The Bertz CT molecular complexity index is 1200. The lowest BCUT2D eigenvalue weighted by molar-refractivity contribution is 0.340. The molecular formula is C28H26N4O. The van der Waals surface area contributed by atoms with Crippen LogP contribution in [0.1, 0.15) is 24.2 Å². The third-order valence-electron chi connectivity index (χ3n) is 5.48. The van der Waals surface area contributed by atoms with Crippen molar-refractivity contribution in [2.75, 3.05) is 16.6 Å². The van der Waals surface area contributed by atoms with Gasteiger partial charge in [-0.1, -0.05) is 78.9 Å². The molecule has 1 heterocycles. The van der Waals surface area contributed by atoms with E-state index < -0.39 is 0 Å². The number of ether oxygens (including phenoxy) is 1. The fourth-order valence-corrected chi connectivity index (χ4v) is 3.91. The molecule has 0 aliphatic carbocycles. The summed E-state index contributed by atoms with van der Waals surface area (Å²) in [5.41, 5.74) is 7.85. The second-order valence-electron chi connectivity index (χ2n) is 7.67. The van der Waals surface area contributed by atoms with Crippen LogP contribution in [0.2, 0.25) is 0 Å². The number of para-hydroxylation sites is 2. The molecule has 164 valence electrons. The van der Waals surface area contributed by atoms with Crippen LogP contribution in [0.15, 0.2) is 120 Å². The average Bonchev–Trinajstić information content (AvgIpc) is 2.90. The quantitative estimate of drug-likeness (QED) is 0.405. The van der Waals surface area contributed by atoms with Gasteiger partial charge in [0.15, 0.2) is 5.84 Å². The van der Waals surface area contributed by atoms with Crippen molar-refractivity contribution in [2.45, 2.75) is 13.1 Å². The van der Waals surface area contributed by atoms with Crippen LogP contribution in [0.25, 0.3) is 0 Å². The molecule has 0 radical (unpaired) electrons. The van der Waals surface area contributed by atoms with E-state index in [9.17, 15) is 0 Å². The first-order valence-electron chi connectivity index (χ1n) is 11.2. The van der Waals surface area contributed by atoms with E-state index >= 15 is 0 Å². The van der Waals surface area contributed by atoms with Gasteiger partial charge in [0, 0.05) is 5.56 Å². The smallest absolute Gasteiger partial charge is 0.175 e. The van der Waals surface area contributed by atoms with E-state index in [1.165, 1.54) is 0 Å². The molecule has 1 aliphatic heterocycles. The van der Waals surface area contributed by atoms with Crippen molar-refractivity contribution < 1.29 is 4.74 Å². The first kappa shape index (κ1) is 20.8. The summed E-state index contributed by atoms with van der Waals surface area (Å²) in [5.74, 6) is 1.68. The van der Waals surface area contributed by atoms with Gasteiger partial charge >= 0.3 is 0 Å². The maximum atomic E-state index is 5.65. The summed E-state index contributed by atoms with van der Waals surface area (Å²) in [5, 5.41) is 9.28. The van der Waals surface area contributed by atoms with Crippen LogP contribution < -0.4 is 20.2 Å². The second kappa shape index (κ2) is 9.59. The van der Waals surface area contributed by atoms with Gasteiger partial charge in [0.25, 0.3) is 0 Å². The van der Waals surface area contributed by atoms with Crippen molar-refractivity contribution in [3.63, 3.8) is 0 Å². The van der Waals surface area contributed by atoms with Crippen LogP contribution in [0.3, 0.4) is 0 Å². The van der Waals surface area contributed by atoms with Crippen LogP contribution in [0.5, 0.6) is 5.75 Å². The number of hydrogen-bond acceptors (Lipinski definition) is 5. The minimum atomic E-state index is -0.212. The van der Waals surface area contributed by atoms with Crippen LogP contribution in [-0.4, -0.2) is 12.4 Å². The maximum Gasteiger partial charge on any atom is 0.175 e. The van der Waals surface area contributed by atoms with Gasteiger partial charge in [-0.25, -0.2) is 5.01 Å². The molecule has 0 amide bonds. The van der Waals surface area contributed by atoms with Crippen molar-refractivity contribution in [1.29, 1.82) is 0 Å². The summed E-state index contributed by atoms with van der Waals surface area (Å²) in [6, 6.07) is 38.9. The van der Waals surface area contributed by atoms with Crippen molar-refractivity contribution >= 4 is 17.2 Å². The molecule has 4 aromatic carbocycles. The zero-order valence-electron chi connectivity index (χ0n) is 18.5. The second-order valence-corrected chi connectivity index (χ2v) is 7.67. The third-order valence-corrected chi connectivity index (χ3v) is 5.48. The molecule has 0 bridgehead atoms. The number of hydrazine groups is 1. The fourth-order valence-electron chi connectivity index (χ4n) is 3.91. The number of rotatable bonds is 6. The minimum Gasteiger partial charge on any atom is -0.494 e. The first-order chi connectivity index (χ1) is 16.3. The number of amidine groups is 1. The normalized spacial score (nSPS) is 15.8. The van der Waals surface area contributed by atoms with E-state index in [1.54, 1.807) is 0 Å². The summed E-state index contributed by atoms with van der Waals surface area (Å²) in [4.78, 5) is 0. The molecular weight excluding hydrogens is 408 g/mol. The molecule has 0 fully saturated rings. The zero-order chi connectivity index (χ0) is 22.5. The highest BCUT2D eigenvalue weighted by atomic mass is 16.5. The van der Waals surface area contributed by atoms with Gasteiger partial charge in [-0.05, 0) is 48.9 Å². The Morgan fingerprint density at radius 2 is 1.30 bits per heavy atom. The summed E-state index contributed by atoms with van der Waals surface area (Å²) < 4.78 is 5.65. The molecule has 5 heteroatoms. The van der Waals surface area contributed by atoms with Gasteiger partial charge < -0.3 is 4.74 Å². The Labute approximate surface area is 194 Å². The molecule has 0 saturated carbocycles. The SMILES string of the molecule is CCOc1ccc(C2NN(c3ccccc3)C(c3ccccc3)=NN2c2ccccc2)cc1. The van der Waals surface area contributed by atoms with Gasteiger partial charge in [-0.3, -0.25) is 5.01 Å². The lowest BCUT2D eigenvalue weighted by Gasteiger charge is -2.41. The lowest BCUT2D eigenvalue weighted by Crippen LogP contribution is -2.55. The molecule has 1 unspecified atom stereocenters. The standard InChI is InChI=1S/C28H26N4O/c1-2-33-26-20-18-23(19-21-26)28-30-31(24-14-8-4-9-15-24)27(22-12-6-3-7-13-22)29-32(28)25-16-10-5-11-17-25/h3-21,28,30H,2H2,1H3. The minimum absolute atomic E-state index is 0.212. The summed E-state index contributed by atoms with van der Waals surface area (Å²) in [6.07, 6.45) is -0.212. The predicted molar refractivity (Wildman–Crippen MR) is 134 cm³/mol. The molecule has 0 aromatic heterocycles.